The lowest BCUT2D eigenvalue weighted by atomic mass is 9.43. The Labute approximate surface area is 162 Å². The molecule has 0 radical (unpaired) electrons. The Kier molecular flexibility index (Phi) is 4.57. The summed E-state index contributed by atoms with van der Waals surface area (Å²) in [4.78, 5) is 24.0. The van der Waals surface area contributed by atoms with E-state index in [4.69, 9.17) is 4.74 Å². The van der Waals surface area contributed by atoms with Gasteiger partial charge in [-0.05, 0) is 73.2 Å². The summed E-state index contributed by atoms with van der Waals surface area (Å²) in [7, 11) is 0. The van der Waals surface area contributed by atoms with Crippen molar-refractivity contribution >= 4 is 11.8 Å². The van der Waals surface area contributed by atoms with E-state index in [1.165, 1.54) is 12.5 Å². The van der Waals surface area contributed by atoms with Crippen LogP contribution in [0.2, 0.25) is 0 Å². The van der Waals surface area contributed by atoms with Gasteiger partial charge in [0, 0.05) is 18.8 Å². The average molecular weight is 375 g/mol. The summed E-state index contributed by atoms with van der Waals surface area (Å²) in [6.07, 6.45) is 7.24. The van der Waals surface area contributed by atoms with Crippen LogP contribution in [0.25, 0.3) is 0 Å². The molecule has 0 aromatic heterocycles. The second kappa shape index (κ2) is 6.43. The van der Waals surface area contributed by atoms with E-state index >= 15 is 0 Å². The standard InChI is InChI=1S/C23H34O4/c1-13-9-16-11-17(25)10-14(2)23(16,12-27-15(3)24)19-7-8-22(4)18(21(13)19)5-6-20(22)26/h11,13-14,18-21,26H,5-10,12H2,1-4H3/t13?,14?,18-,19+,20?,21-,22-,23-/m0/s1. The van der Waals surface area contributed by atoms with Crippen LogP contribution in [0.1, 0.15) is 66.2 Å². The summed E-state index contributed by atoms with van der Waals surface area (Å²) in [6, 6.07) is 0. The van der Waals surface area contributed by atoms with Crippen molar-refractivity contribution in [2.24, 2.45) is 40.4 Å². The maximum Gasteiger partial charge on any atom is 0.302 e. The molecule has 0 amide bonds. The number of ketones is 1. The monoisotopic (exact) mass is 374 g/mol. The molecule has 0 bridgehead atoms. The minimum atomic E-state index is -0.236. The van der Waals surface area contributed by atoms with Crippen molar-refractivity contribution in [3.63, 3.8) is 0 Å². The van der Waals surface area contributed by atoms with Crippen LogP contribution in [0.4, 0.5) is 0 Å². The number of fused-ring (bicyclic) bond motifs is 5. The third-order valence-electron chi connectivity index (χ3n) is 8.98. The first-order valence-electron chi connectivity index (χ1n) is 10.8. The van der Waals surface area contributed by atoms with Gasteiger partial charge in [0.05, 0.1) is 6.10 Å². The van der Waals surface area contributed by atoms with Gasteiger partial charge in [-0.15, -0.1) is 0 Å². The number of aliphatic hydroxyl groups is 1. The van der Waals surface area contributed by atoms with Crippen molar-refractivity contribution in [2.45, 2.75) is 72.3 Å². The van der Waals surface area contributed by atoms with Gasteiger partial charge in [-0.2, -0.15) is 0 Å². The van der Waals surface area contributed by atoms with E-state index in [1.807, 2.05) is 6.08 Å². The molecule has 8 atom stereocenters. The Bertz CT molecular complexity index is 682. The lowest BCUT2D eigenvalue weighted by Crippen LogP contribution is -2.58. The Balaban J connectivity index is 1.78. The van der Waals surface area contributed by atoms with Gasteiger partial charge in [0.15, 0.2) is 5.78 Å². The summed E-state index contributed by atoms with van der Waals surface area (Å²) in [6.45, 7) is 8.68. The zero-order chi connectivity index (χ0) is 19.6. The highest BCUT2D eigenvalue weighted by Gasteiger charge is 2.63. The van der Waals surface area contributed by atoms with Crippen LogP contribution < -0.4 is 0 Å². The number of hydrogen-bond donors (Lipinski definition) is 1. The minimum absolute atomic E-state index is 0.0208. The molecule has 0 aromatic rings. The number of hydrogen-bond acceptors (Lipinski definition) is 4. The quantitative estimate of drug-likeness (QED) is 0.744. The molecule has 4 nitrogen and oxygen atoms in total. The summed E-state index contributed by atoms with van der Waals surface area (Å²) in [5.41, 5.74) is 1.04. The number of carbonyl (C=O) groups excluding carboxylic acids is 2. The van der Waals surface area contributed by atoms with Crippen LogP contribution in [0, 0.1) is 40.4 Å². The van der Waals surface area contributed by atoms with Crippen molar-refractivity contribution in [3.8, 4) is 0 Å². The van der Waals surface area contributed by atoms with Gasteiger partial charge < -0.3 is 9.84 Å². The molecule has 0 aliphatic heterocycles. The predicted octanol–water partition coefficient (Wildman–Crippen LogP) is 3.91. The fourth-order valence-electron chi connectivity index (χ4n) is 7.65. The average Bonchev–Trinajstić information content (AvgIpc) is 2.89. The van der Waals surface area contributed by atoms with Crippen molar-refractivity contribution in [1.29, 1.82) is 0 Å². The Morgan fingerprint density at radius 3 is 2.67 bits per heavy atom. The van der Waals surface area contributed by atoms with E-state index in [0.29, 0.717) is 36.7 Å². The van der Waals surface area contributed by atoms with Crippen molar-refractivity contribution < 1.29 is 19.4 Å². The molecule has 1 N–H and O–H groups in total. The normalized spacial score (nSPS) is 48.9. The third-order valence-corrected chi connectivity index (χ3v) is 8.98. The topological polar surface area (TPSA) is 63.6 Å². The Hall–Kier alpha value is -1.16. The molecule has 4 aliphatic carbocycles. The number of aliphatic hydroxyl groups excluding tert-OH is 1. The van der Waals surface area contributed by atoms with Crippen molar-refractivity contribution in [3.05, 3.63) is 11.6 Å². The van der Waals surface area contributed by atoms with Gasteiger partial charge in [0.25, 0.3) is 0 Å². The molecule has 0 saturated heterocycles. The van der Waals surface area contributed by atoms with Crippen LogP contribution in [0.15, 0.2) is 11.6 Å². The number of ether oxygens (including phenoxy) is 1. The van der Waals surface area contributed by atoms with Gasteiger partial charge in [0.2, 0.25) is 0 Å². The molecule has 3 fully saturated rings. The first kappa shape index (κ1) is 19.2. The minimum Gasteiger partial charge on any atom is -0.465 e. The molecule has 4 heteroatoms. The number of rotatable bonds is 2. The molecule has 3 saturated carbocycles. The zero-order valence-electron chi connectivity index (χ0n) is 17.2. The van der Waals surface area contributed by atoms with E-state index in [9.17, 15) is 14.7 Å². The predicted molar refractivity (Wildman–Crippen MR) is 103 cm³/mol. The fourth-order valence-corrected chi connectivity index (χ4v) is 7.65. The largest absolute Gasteiger partial charge is 0.465 e. The Morgan fingerprint density at radius 2 is 1.96 bits per heavy atom. The third kappa shape index (κ3) is 2.66. The smallest absolute Gasteiger partial charge is 0.302 e. The summed E-state index contributed by atoms with van der Waals surface area (Å²) in [5.74, 6) is 2.17. The molecule has 4 aliphatic rings. The molecule has 27 heavy (non-hydrogen) atoms. The van der Waals surface area contributed by atoms with Gasteiger partial charge in [0.1, 0.15) is 6.61 Å². The van der Waals surface area contributed by atoms with Gasteiger partial charge in [-0.25, -0.2) is 0 Å². The number of carbonyl (C=O) groups is 2. The van der Waals surface area contributed by atoms with E-state index in [0.717, 1.165) is 32.1 Å². The maximum absolute atomic E-state index is 12.3. The van der Waals surface area contributed by atoms with E-state index in [1.54, 1.807) is 0 Å². The lowest BCUT2D eigenvalue weighted by molar-refractivity contribution is -0.158. The highest BCUT2D eigenvalue weighted by molar-refractivity contribution is 5.92. The van der Waals surface area contributed by atoms with E-state index in [2.05, 4.69) is 20.8 Å². The second-order valence-electron chi connectivity index (χ2n) is 10.2. The second-order valence-corrected chi connectivity index (χ2v) is 10.2. The lowest BCUT2D eigenvalue weighted by Gasteiger charge is -2.62. The summed E-state index contributed by atoms with van der Waals surface area (Å²) in [5, 5.41) is 10.7. The van der Waals surface area contributed by atoms with Crippen LogP contribution in [-0.2, 0) is 14.3 Å². The van der Waals surface area contributed by atoms with Crippen LogP contribution in [0.3, 0.4) is 0 Å². The van der Waals surface area contributed by atoms with Gasteiger partial charge >= 0.3 is 5.97 Å². The molecule has 4 rings (SSSR count). The molecule has 0 heterocycles. The molecule has 0 spiro atoms. The van der Waals surface area contributed by atoms with E-state index < -0.39 is 0 Å². The molecule has 150 valence electrons. The van der Waals surface area contributed by atoms with Gasteiger partial charge in [-0.1, -0.05) is 26.3 Å². The maximum atomic E-state index is 12.3. The summed E-state index contributed by atoms with van der Waals surface area (Å²) >= 11 is 0. The summed E-state index contributed by atoms with van der Waals surface area (Å²) < 4.78 is 5.65. The van der Waals surface area contributed by atoms with Gasteiger partial charge in [-0.3, -0.25) is 9.59 Å². The molecule has 0 aromatic carbocycles. The number of esters is 1. The highest BCUT2D eigenvalue weighted by Crippen LogP contribution is 2.67. The molecular formula is C23H34O4. The first-order valence-corrected chi connectivity index (χ1v) is 10.8. The zero-order valence-corrected chi connectivity index (χ0v) is 17.2. The van der Waals surface area contributed by atoms with Crippen LogP contribution in [0.5, 0.6) is 0 Å². The van der Waals surface area contributed by atoms with Crippen LogP contribution >= 0.6 is 0 Å². The molecular weight excluding hydrogens is 340 g/mol. The Morgan fingerprint density at radius 1 is 1.22 bits per heavy atom. The fraction of sp³-hybridized carbons (Fsp3) is 0.826. The van der Waals surface area contributed by atoms with Crippen molar-refractivity contribution in [1.82, 2.24) is 0 Å². The molecule has 3 unspecified atom stereocenters. The van der Waals surface area contributed by atoms with Crippen LogP contribution in [-0.4, -0.2) is 29.6 Å². The SMILES string of the molecule is CC(=O)OC[C@@]12C(=CC(=O)CC1C)CC(C)[C@@H]1[C@H]2CC[C@]2(C)C(O)CC[C@@H]12. The van der Waals surface area contributed by atoms with E-state index in [-0.39, 0.29) is 34.6 Å². The highest BCUT2D eigenvalue weighted by atomic mass is 16.5. The van der Waals surface area contributed by atoms with Crippen molar-refractivity contribution in [2.75, 3.05) is 6.61 Å². The first-order chi connectivity index (χ1) is 12.7.